The summed E-state index contributed by atoms with van der Waals surface area (Å²) >= 11 is 1.53. The molecule has 0 atom stereocenters. The summed E-state index contributed by atoms with van der Waals surface area (Å²) in [6.07, 6.45) is 1.82. The quantitative estimate of drug-likeness (QED) is 0.854. The maximum Gasteiger partial charge on any atom is 0.336 e. The van der Waals surface area contributed by atoms with Gasteiger partial charge in [-0.1, -0.05) is 12.1 Å². The number of aromatic carboxylic acids is 1. The van der Waals surface area contributed by atoms with Crippen molar-refractivity contribution in [1.29, 1.82) is 0 Å². The molecule has 6 heteroatoms. The van der Waals surface area contributed by atoms with E-state index in [4.69, 9.17) is 5.11 Å². The van der Waals surface area contributed by atoms with Gasteiger partial charge in [0, 0.05) is 11.4 Å². The van der Waals surface area contributed by atoms with Crippen LogP contribution < -0.4 is 0 Å². The van der Waals surface area contributed by atoms with Crippen LogP contribution in [0.4, 0.5) is 0 Å². The van der Waals surface area contributed by atoms with Crippen molar-refractivity contribution in [3.8, 4) is 0 Å². The maximum atomic E-state index is 11.0. The molecule has 1 N–H and O–H groups in total. The molecule has 0 bridgehead atoms. The first-order valence-electron chi connectivity index (χ1n) is 4.96. The molecule has 0 amide bonds. The van der Waals surface area contributed by atoms with Crippen LogP contribution in [0.1, 0.15) is 10.4 Å². The second-order valence-corrected chi connectivity index (χ2v) is 4.40. The van der Waals surface area contributed by atoms with Crippen LogP contribution >= 0.6 is 24.2 Å². The van der Waals surface area contributed by atoms with Crippen molar-refractivity contribution in [2.24, 2.45) is 4.99 Å². The number of rotatable bonds is 4. The number of aliphatic imine (C=N–C) groups is 1. The number of hydrogen-bond donors (Lipinski definition) is 1. The Balaban J connectivity index is 0.00000144. The summed E-state index contributed by atoms with van der Waals surface area (Å²) in [5, 5.41) is 9.00. The van der Waals surface area contributed by atoms with Crippen molar-refractivity contribution >= 4 is 36.5 Å². The van der Waals surface area contributed by atoms with Crippen molar-refractivity contribution in [2.45, 2.75) is 4.90 Å². The number of hydrogen-bond acceptors (Lipinski definition) is 4. The maximum absolute atomic E-state index is 11.0. The average Bonchev–Trinajstić information content (AvgIpc) is 2.79. The highest BCUT2D eigenvalue weighted by molar-refractivity contribution is 7.99. The van der Waals surface area contributed by atoms with Crippen molar-refractivity contribution in [2.75, 3.05) is 19.0 Å². The number of carboxylic acid groups (broad SMARTS) is 1. The zero-order chi connectivity index (χ0) is 11.4. The second-order valence-electron chi connectivity index (χ2n) is 3.41. The van der Waals surface area contributed by atoms with E-state index in [9.17, 15) is 4.79 Å². The number of carboxylic acids is 1. The summed E-state index contributed by atoms with van der Waals surface area (Å²) in [4.78, 5) is 17.9. The zero-order valence-electron chi connectivity index (χ0n) is 9.07. The lowest BCUT2D eigenvalue weighted by molar-refractivity contribution is 0.0693. The molecule has 17 heavy (non-hydrogen) atoms. The summed E-state index contributed by atoms with van der Waals surface area (Å²) in [5.74, 6) is -0.133. The standard InChI is InChI=1S/C11H12N2O2S.ClH/c14-11(15)9-3-1-2-4-10(9)16-8-13-6-5-12-7-13;/h1-4,7H,5-6,8H2,(H,14,15);1H. The van der Waals surface area contributed by atoms with Gasteiger partial charge in [-0.3, -0.25) is 4.99 Å². The van der Waals surface area contributed by atoms with Crippen LogP contribution in [0.25, 0.3) is 0 Å². The van der Waals surface area contributed by atoms with Crippen molar-refractivity contribution in [3.05, 3.63) is 29.8 Å². The topological polar surface area (TPSA) is 52.9 Å². The molecular weight excluding hydrogens is 260 g/mol. The van der Waals surface area contributed by atoms with E-state index in [1.807, 2.05) is 18.5 Å². The Morgan fingerprint density at radius 1 is 1.47 bits per heavy atom. The van der Waals surface area contributed by atoms with Crippen molar-refractivity contribution < 1.29 is 9.90 Å². The first kappa shape index (κ1) is 13.9. The molecule has 1 aliphatic rings. The molecule has 0 fully saturated rings. The van der Waals surface area contributed by atoms with Gasteiger partial charge in [0.15, 0.2) is 0 Å². The van der Waals surface area contributed by atoms with Gasteiger partial charge in [-0.2, -0.15) is 0 Å². The molecule has 0 unspecified atom stereocenters. The highest BCUT2D eigenvalue weighted by Gasteiger charge is 2.11. The largest absolute Gasteiger partial charge is 0.478 e. The predicted octanol–water partition coefficient (Wildman–Crippen LogP) is 2.20. The molecular formula is C11H13ClN2O2S. The number of nitrogens with zero attached hydrogens (tertiary/aromatic N) is 2. The summed E-state index contributed by atoms with van der Waals surface area (Å²) in [5.41, 5.74) is 0.364. The first-order valence-corrected chi connectivity index (χ1v) is 5.95. The smallest absolute Gasteiger partial charge is 0.336 e. The van der Waals surface area contributed by atoms with Gasteiger partial charge in [-0.05, 0) is 12.1 Å². The monoisotopic (exact) mass is 272 g/mol. The molecule has 92 valence electrons. The molecule has 4 nitrogen and oxygen atoms in total. The van der Waals surface area contributed by atoms with E-state index < -0.39 is 5.97 Å². The van der Waals surface area contributed by atoms with Crippen LogP contribution in [-0.4, -0.2) is 41.3 Å². The van der Waals surface area contributed by atoms with E-state index in [1.54, 1.807) is 12.1 Å². The minimum Gasteiger partial charge on any atom is -0.478 e. The second kappa shape index (κ2) is 6.51. The fraction of sp³-hybridized carbons (Fsp3) is 0.273. The Hall–Kier alpha value is -1.20. The summed E-state index contributed by atoms with van der Waals surface area (Å²) in [7, 11) is 0. The highest BCUT2D eigenvalue weighted by Crippen LogP contribution is 2.23. The molecule has 1 aromatic carbocycles. The molecule has 0 saturated heterocycles. The Morgan fingerprint density at radius 2 is 2.24 bits per heavy atom. The van der Waals surface area contributed by atoms with Crippen molar-refractivity contribution in [1.82, 2.24) is 4.90 Å². The molecule has 0 radical (unpaired) electrons. The van der Waals surface area contributed by atoms with E-state index in [1.165, 1.54) is 11.8 Å². The molecule has 2 rings (SSSR count). The van der Waals surface area contributed by atoms with Crippen LogP contribution in [0.3, 0.4) is 0 Å². The molecule has 0 saturated carbocycles. The van der Waals surface area contributed by atoms with Crippen LogP contribution in [0.2, 0.25) is 0 Å². The van der Waals surface area contributed by atoms with Gasteiger partial charge in [-0.15, -0.1) is 24.2 Å². The highest BCUT2D eigenvalue weighted by atomic mass is 35.5. The van der Waals surface area contributed by atoms with Gasteiger partial charge < -0.3 is 10.0 Å². The molecule has 0 aromatic heterocycles. The number of carbonyl (C=O) groups is 1. The normalized spacial score (nSPS) is 13.5. The average molecular weight is 273 g/mol. The fourth-order valence-corrected chi connectivity index (χ4v) is 2.42. The SMILES string of the molecule is Cl.O=C(O)c1ccccc1SCN1C=NCC1. The Bertz CT molecular complexity index is 426. The minimum atomic E-state index is -0.877. The van der Waals surface area contributed by atoms with Gasteiger partial charge in [0.05, 0.1) is 24.3 Å². The Morgan fingerprint density at radius 3 is 2.88 bits per heavy atom. The third-order valence-corrected chi connectivity index (χ3v) is 3.39. The molecule has 0 aliphatic carbocycles. The Labute approximate surface area is 110 Å². The van der Waals surface area contributed by atoms with Gasteiger partial charge in [0.2, 0.25) is 0 Å². The van der Waals surface area contributed by atoms with Crippen LogP contribution in [0, 0.1) is 0 Å². The number of benzene rings is 1. The lowest BCUT2D eigenvalue weighted by atomic mass is 10.2. The minimum absolute atomic E-state index is 0. The van der Waals surface area contributed by atoms with Gasteiger partial charge in [0.1, 0.15) is 0 Å². The van der Waals surface area contributed by atoms with Crippen LogP contribution in [-0.2, 0) is 0 Å². The summed E-state index contributed by atoms with van der Waals surface area (Å²) in [6, 6.07) is 7.06. The van der Waals surface area contributed by atoms with E-state index in [2.05, 4.69) is 9.89 Å². The summed E-state index contributed by atoms with van der Waals surface area (Å²) < 4.78 is 0. The van der Waals surface area contributed by atoms with E-state index in [0.29, 0.717) is 5.56 Å². The van der Waals surface area contributed by atoms with Crippen LogP contribution in [0.15, 0.2) is 34.2 Å². The van der Waals surface area contributed by atoms with E-state index in [-0.39, 0.29) is 12.4 Å². The number of halogens is 1. The third kappa shape index (κ3) is 3.64. The molecule has 1 aromatic rings. The fourth-order valence-electron chi connectivity index (χ4n) is 1.44. The lowest BCUT2D eigenvalue weighted by Gasteiger charge is -2.13. The Kier molecular flexibility index (Phi) is 5.31. The van der Waals surface area contributed by atoms with E-state index in [0.717, 1.165) is 23.9 Å². The van der Waals surface area contributed by atoms with Gasteiger partial charge in [-0.25, -0.2) is 4.79 Å². The van der Waals surface area contributed by atoms with Crippen LogP contribution in [0.5, 0.6) is 0 Å². The van der Waals surface area contributed by atoms with Crippen molar-refractivity contribution in [3.63, 3.8) is 0 Å². The predicted molar refractivity (Wildman–Crippen MR) is 71.4 cm³/mol. The van der Waals surface area contributed by atoms with Gasteiger partial charge >= 0.3 is 5.97 Å². The number of thioether (sulfide) groups is 1. The lowest BCUT2D eigenvalue weighted by Crippen LogP contribution is -2.18. The summed E-state index contributed by atoms with van der Waals surface area (Å²) in [6.45, 7) is 1.75. The molecule has 1 heterocycles. The molecule has 0 spiro atoms. The molecule has 1 aliphatic heterocycles. The zero-order valence-corrected chi connectivity index (χ0v) is 10.7. The van der Waals surface area contributed by atoms with E-state index >= 15 is 0 Å². The van der Waals surface area contributed by atoms with Gasteiger partial charge in [0.25, 0.3) is 0 Å². The third-order valence-electron chi connectivity index (χ3n) is 2.26. The first-order chi connectivity index (χ1) is 7.77.